The normalized spacial score (nSPS) is 12.6. The average molecular weight is 315 g/mol. The Balaban J connectivity index is 0. The molecule has 0 aromatic heterocycles. The fourth-order valence-corrected chi connectivity index (χ4v) is 1.70. The van der Waals surface area contributed by atoms with Crippen molar-refractivity contribution in [2.45, 2.75) is 45.4 Å². The number of nitrogens with zero attached hydrogens (tertiary/aromatic N) is 1. The van der Waals surface area contributed by atoms with E-state index in [1.807, 2.05) is 0 Å². The molecule has 0 rings (SSSR count). The van der Waals surface area contributed by atoms with Crippen LogP contribution < -0.4 is 56.5 Å². The molecule has 0 aromatic carbocycles. The topological polar surface area (TPSA) is 89.8 Å². The number of rotatable bonds is 10. The smallest absolute Gasteiger partial charge is 0.859 e. The maximum absolute atomic E-state index is 11.1. The summed E-state index contributed by atoms with van der Waals surface area (Å²) in [4.78, 5) is 3.49. The maximum atomic E-state index is 11.1. The predicted octanol–water partition coefficient (Wildman–Crippen LogP) is -1.45. The molecule has 0 saturated carbocycles. The standard InChI is InChI=1S/C12H23NO4S.K/c1-2-3-4-5-6-7-8-9-12(14)13-10-11-18(15,16)17;/h8-9H,2-7,10-11H2,1H3,(H,13,14)(H,15,16,17);/q;+1/p-1/b9-8+;. The summed E-state index contributed by atoms with van der Waals surface area (Å²) >= 11 is 0. The van der Waals surface area contributed by atoms with Crippen molar-refractivity contribution in [1.29, 1.82) is 0 Å². The van der Waals surface area contributed by atoms with E-state index in [1.165, 1.54) is 25.3 Å². The number of hydrogen-bond donors (Lipinski definition) is 1. The van der Waals surface area contributed by atoms with Crippen molar-refractivity contribution < 1.29 is 69.5 Å². The first kappa shape index (κ1) is 22.0. The summed E-state index contributed by atoms with van der Waals surface area (Å²) in [6.07, 6.45) is 9.82. The van der Waals surface area contributed by atoms with Crippen LogP contribution in [0, 0.1) is 0 Å². The van der Waals surface area contributed by atoms with E-state index < -0.39 is 21.8 Å². The first-order chi connectivity index (χ1) is 8.45. The van der Waals surface area contributed by atoms with Crippen molar-refractivity contribution in [2.75, 3.05) is 12.3 Å². The van der Waals surface area contributed by atoms with E-state index >= 15 is 0 Å². The molecule has 0 unspecified atom stereocenters. The molecule has 0 fully saturated rings. The Morgan fingerprint density at radius 2 is 1.89 bits per heavy atom. The maximum Gasteiger partial charge on any atom is 1.00 e. The summed E-state index contributed by atoms with van der Waals surface area (Å²) in [6.45, 7) is 1.96. The SMILES string of the molecule is CCCCCCC/C=C/C([O-])=NCCS(=O)(=O)O.[K+]. The van der Waals surface area contributed by atoms with E-state index in [0.717, 1.165) is 19.3 Å². The fourth-order valence-electron chi connectivity index (χ4n) is 1.37. The second-order valence-electron chi connectivity index (χ2n) is 4.11. The predicted molar refractivity (Wildman–Crippen MR) is 71.2 cm³/mol. The third-order valence-electron chi connectivity index (χ3n) is 2.35. The van der Waals surface area contributed by atoms with Gasteiger partial charge in [-0.2, -0.15) is 8.42 Å². The van der Waals surface area contributed by atoms with Crippen LogP contribution in [0.15, 0.2) is 17.1 Å². The minimum Gasteiger partial charge on any atom is -0.859 e. The molecule has 0 aromatic rings. The summed E-state index contributed by atoms with van der Waals surface area (Å²) in [6, 6.07) is 0. The third kappa shape index (κ3) is 18.8. The van der Waals surface area contributed by atoms with Crippen LogP contribution in [0.25, 0.3) is 0 Å². The van der Waals surface area contributed by atoms with Crippen molar-refractivity contribution in [3.05, 3.63) is 12.2 Å². The number of unbranched alkanes of at least 4 members (excludes halogenated alkanes) is 5. The average Bonchev–Trinajstić information content (AvgIpc) is 2.26. The molecule has 7 heteroatoms. The molecule has 0 radical (unpaired) electrons. The fraction of sp³-hybridized carbons (Fsp3) is 0.750. The number of aliphatic imine (C=N–C) groups is 1. The molecular formula is C12H22KNO4S. The monoisotopic (exact) mass is 315 g/mol. The van der Waals surface area contributed by atoms with E-state index in [9.17, 15) is 13.5 Å². The van der Waals surface area contributed by atoms with E-state index in [2.05, 4.69) is 11.9 Å². The Bertz CT molecular complexity index is 366. The molecule has 0 atom stereocenters. The van der Waals surface area contributed by atoms with Crippen LogP contribution >= 0.6 is 0 Å². The largest absolute Gasteiger partial charge is 1.00 e. The van der Waals surface area contributed by atoms with E-state index in [0.29, 0.717) is 0 Å². The summed E-state index contributed by atoms with van der Waals surface area (Å²) in [5.41, 5.74) is 0. The summed E-state index contributed by atoms with van der Waals surface area (Å²) in [5, 5.41) is 11.1. The van der Waals surface area contributed by atoms with Gasteiger partial charge in [0.15, 0.2) is 0 Å². The molecule has 0 heterocycles. The van der Waals surface area contributed by atoms with Crippen LogP contribution in [0.1, 0.15) is 45.4 Å². The first-order valence-electron chi connectivity index (χ1n) is 6.29. The van der Waals surface area contributed by atoms with Gasteiger partial charge in [0.2, 0.25) is 0 Å². The second kappa shape index (κ2) is 13.7. The minimum atomic E-state index is -4.03. The van der Waals surface area contributed by atoms with Crippen LogP contribution in [0.2, 0.25) is 0 Å². The quantitative estimate of drug-likeness (QED) is 0.176. The molecule has 0 bridgehead atoms. The van der Waals surface area contributed by atoms with Gasteiger partial charge < -0.3 is 5.11 Å². The first-order valence-corrected chi connectivity index (χ1v) is 7.90. The summed E-state index contributed by atoms with van der Waals surface area (Å²) in [7, 11) is -4.03. The second-order valence-corrected chi connectivity index (χ2v) is 5.68. The summed E-state index contributed by atoms with van der Waals surface area (Å²) in [5.74, 6) is -0.962. The zero-order valence-corrected chi connectivity index (χ0v) is 15.8. The molecule has 5 nitrogen and oxygen atoms in total. The molecule has 0 spiro atoms. The van der Waals surface area contributed by atoms with Gasteiger partial charge >= 0.3 is 51.4 Å². The van der Waals surface area contributed by atoms with Crippen molar-refractivity contribution in [3.63, 3.8) is 0 Å². The van der Waals surface area contributed by atoms with Gasteiger partial charge in [-0.3, -0.25) is 9.55 Å². The Morgan fingerprint density at radius 1 is 1.26 bits per heavy atom. The molecule has 1 N–H and O–H groups in total. The number of allylic oxidation sites excluding steroid dienone is 1. The van der Waals surface area contributed by atoms with Crippen LogP contribution in [0.4, 0.5) is 0 Å². The van der Waals surface area contributed by atoms with Crippen LogP contribution in [0.3, 0.4) is 0 Å². The van der Waals surface area contributed by atoms with E-state index in [-0.39, 0.29) is 57.9 Å². The Morgan fingerprint density at radius 3 is 2.47 bits per heavy atom. The van der Waals surface area contributed by atoms with Gasteiger partial charge in [-0.25, -0.2) is 0 Å². The minimum absolute atomic E-state index is 0. The molecule has 0 saturated heterocycles. The Hall–Kier alpha value is 0.756. The van der Waals surface area contributed by atoms with E-state index in [1.54, 1.807) is 6.08 Å². The molecule has 0 aliphatic rings. The van der Waals surface area contributed by atoms with Crippen LogP contribution in [-0.2, 0) is 10.1 Å². The molecule has 106 valence electrons. The number of hydrogen-bond acceptors (Lipinski definition) is 4. The van der Waals surface area contributed by atoms with Gasteiger partial charge in [0, 0.05) is 0 Å². The van der Waals surface area contributed by atoms with Gasteiger partial charge in [-0.15, -0.1) is 0 Å². The van der Waals surface area contributed by atoms with Crippen LogP contribution in [-0.4, -0.2) is 31.2 Å². The Labute approximate surface area is 158 Å². The molecule has 0 aliphatic heterocycles. The van der Waals surface area contributed by atoms with Gasteiger partial charge in [0.25, 0.3) is 10.1 Å². The molecule has 0 amide bonds. The zero-order valence-electron chi connectivity index (χ0n) is 11.8. The molecule has 0 aliphatic carbocycles. The van der Waals surface area contributed by atoms with Gasteiger partial charge in [-0.05, 0) is 18.7 Å². The van der Waals surface area contributed by atoms with Crippen molar-refractivity contribution in [3.8, 4) is 0 Å². The van der Waals surface area contributed by atoms with E-state index in [4.69, 9.17) is 4.55 Å². The Kier molecular flexibility index (Phi) is 15.9. The molecule has 19 heavy (non-hydrogen) atoms. The summed E-state index contributed by atoms with van der Waals surface area (Å²) < 4.78 is 29.2. The molecular weight excluding hydrogens is 293 g/mol. The van der Waals surface area contributed by atoms with Crippen LogP contribution in [0.5, 0.6) is 0 Å². The third-order valence-corrected chi connectivity index (χ3v) is 3.05. The van der Waals surface area contributed by atoms with Gasteiger partial charge in [0.1, 0.15) is 0 Å². The van der Waals surface area contributed by atoms with Crippen molar-refractivity contribution >= 4 is 16.0 Å². The zero-order chi connectivity index (χ0) is 13.9. The van der Waals surface area contributed by atoms with Crippen molar-refractivity contribution in [2.24, 2.45) is 4.99 Å². The van der Waals surface area contributed by atoms with Gasteiger partial charge in [0.05, 0.1) is 12.3 Å². The van der Waals surface area contributed by atoms with Gasteiger partial charge in [-0.1, -0.05) is 44.8 Å². The van der Waals surface area contributed by atoms with Crippen molar-refractivity contribution in [1.82, 2.24) is 0 Å².